The fourth-order valence-corrected chi connectivity index (χ4v) is 3.68. The van der Waals surface area contributed by atoms with Gasteiger partial charge in [0, 0.05) is 0 Å². The van der Waals surface area contributed by atoms with E-state index in [0.717, 1.165) is 25.9 Å². The zero-order valence-corrected chi connectivity index (χ0v) is 15.8. The van der Waals surface area contributed by atoms with Crippen LogP contribution in [0.1, 0.15) is 38.2 Å². The van der Waals surface area contributed by atoms with Crippen LogP contribution in [0.4, 0.5) is 0 Å². The van der Waals surface area contributed by atoms with Gasteiger partial charge in [-0.15, -0.1) is 0 Å². The topological polar surface area (TPSA) is 52.0 Å². The van der Waals surface area contributed by atoms with Gasteiger partial charge in [-0.1, -0.05) is 67.9 Å². The molecular formula is C24H30N2. The lowest BCUT2D eigenvalue weighted by atomic mass is 9.90. The highest BCUT2D eigenvalue weighted by Gasteiger charge is 2.10. The number of rotatable bonds is 6. The fraction of sp³-hybridized carbons (Fsp3) is 0.333. The van der Waals surface area contributed by atoms with Gasteiger partial charge in [-0.05, 0) is 76.7 Å². The van der Waals surface area contributed by atoms with E-state index in [-0.39, 0.29) is 0 Å². The molecule has 0 saturated carbocycles. The first kappa shape index (κ1) is 18.6. The van der Waals surface area contributed by atoms with E-state index in [1.807, 2.05) is 0 Å². The summed E-state index contributed by atoms with van der Waals surface area (Å²) in [5.41, 5.74) is 12.2. The Morgan fingerprint density at radius 3 is 1.88 bits per heavy atom. The van der Waals surface area contributed by atoms with Crippen molar-refractivity contribution >= 4 is 32.3 Å². The Kier molecular flexibility index (Phi) is 6.43. The van der Waals surface area contributed by atoms with Crippen molar-refractivity contribution in [3.8, 4) is 0 Å². The van der Waals surface area contributed by atoms with E-state index >= 15 is 0 Å². The van der Waals surface area contributed by atoms with Crippen LogP contribution in [-0.4, -0.2) is 13.1 Å². The first-order chi connectivity index (χ1) is 12.8. The normalized spacial score (nSPS) is 11.2. The predicted octanol–water partition coefficient (Wildman–Crippen LogP) is 5.61. The summed E-state index contributed by atoms with van der Waals surface area (Å²) in [5, 5.41) is 8.27. The second-order valence-corrected chi connectivity index (χ2v) is 6.97. The highest BCUT2D eigenvalue weighted by atomic mass is 14.5. The Hall–Kier alpha value is -2.16. The van der Waals surface area contributed by atoms with Gasteiger partial charge in [0.15, 0.2) is 0 Å². The summed E-state index contributed by atoms with van der Waals surface area (Å²) in [4.78, 5) is 0. The maximum atomic E-state index is 5.62. The standard InChI is InChI=1S/C20H19N.C4H11N/c21-13-2-1-4-14-7-8-17-10-9-15-5-3-6-16-11-12-18(14)20(17)19(15)16;1-2-3-4-5/h3,5-12H,1-2,4,13,21H2;2-5H2,1H3. The van der Waals surface area contributed by atoms with Crippen molar-refractivity contribution in [1.82, 2.24) is 0 Å². The molecule has 0 amide bonds. The Morgan fingerprint density at radius 1 is 0.654 bits per heavy atom. The molecule has 4 rings (SSSR count). The van der Waals surface area contributed by atoms with Crippen LogP contribution in [0.15, 0.2) is 54.6 Å². The van der Waals surface area contributed by atoms with Gasteiger partial charge in [-0.2, -0.15) is 0 Å². The zero-order chi connectivity index (χ0) is 18.4. The smallest absolute Gasteiger partial charge is 0.00240 e. The fourth-order valence-electron chi connectivity index (χ4n) is 3.68. The molecule has 136 valence electrons. The molecule has 26 heavy (non-hydrogen) atoms. The highest BCUT2D eigenvalue weighted by Crippen LogP contribution is 2.36. The van der Waals surface area contributed by atoms with E-state index in [4.69, 9.17) is 11.5 Å². The molecule has 0 heterocycles. The number of hydrogen-bond acceptors (Lipinski definition) is 2. The molecule has 0 unspecified atom stereocenters. The Balaban J connectivity index is 0.000000349. The van der Waals surface area contributed by atoms with Crippen LogP contribution in [0.3, 0.4) is 0 Å². The van der Waals surface area contributed by atoms with E-state index in [1.54, 1.807) is 0 Å². The molecule has 0 spiro atoms. The molecular weight excluding hydrogens is 316 g/mol. The minimum atomic E-state index is 0.784. The van der Waals surface area contributed by atoms with E-state index in [9.17, 15) is 0 Å². The summed E-state index contributed by atoms with van der Waals surface area (Å²) in [5.74, 6) is 0. The van der Waals surface area contributed by atoms with Crippen LogP contribution in [0.2, 0.25) is 0 Å². The lowest BCUT2D eigenvalue weighted by Crippen LogP contribution is -1.99. The second kappa shape index (κ2) is 8.98. The maximum Gasteiger partial charge on any atom is -0.00240 e. The van der Waals surface area contributed by atoms with Gasteiger partial charge in [-0.25, -0.2) is 0 Å². The van der Waals surface area contributed by atoms with Crippen molar-refractivity contribution in [2.24, 2.45) is 11.5 Å². The van der Waals surface area contributed by atoms with Crippen LogP contribution in [0, 0.1) is 0 Å². The highest BCUT2D eigenvalue weighted by molar-refractivity contribution is 6.23. The monoisotopic (exact) mass is 346 g/mol. The van der Waals surface area contributed by atoms with Crippen LogP contribution >= 0.6 is 0 Å². The van der Waals surface area contributed by atoms with E-state index in [1.165, 1.54) is 57.1 Å². The minimum absolute atomic E-state index is 0.784. The number of unbranched alkanes of at least 4 members (excludes halogenated alkanes) is 2. The Bertz CT molecular complexity index is 940. The third-order valence-electron chi connectivity index (χ3n) is 5.08. The average molecular weight is 347 g/mol. The van der Waals surface area contributed by atoms with Crippen molar-refractivity contribution in [3.63, 3.8) is 0 Å². The third-order valence-corrected chi connectivity index (χ3v) is 5.08. The summed E-state index contributed by atoms with van der Waals surface area (Å²) in [6, 6.07) is 20.2. The first-order valence-corrected chi connectivity index (χ1v) is 9.85. The van der Waals surface area contributed by atoms with Gasteiger partial charge in [0.05, 0.1) is 0 Å². The van der Waals surface area contributed by atoms with E-state index in [2.05, 4.69) is 61.5 Å². The molecule has 0 bridgehead atoms. The third kappa shape index (κ3) is 3.82. The van der Waals surface area contributed by atoms with Crippen molar-refractivity contribution in [1.29, 1.82) is 0 Å². The summed E-state index contributed by atoms with van der Waals surface area (Å²) >= 11 is 0. The molecule has 4 N–H and O–H groups in total. The minimum Gasteiger partial charge on any atom is -0.330 e. The lowest BCUT2D eigenvalue weighted by Gasteiger charge is -2.13. The molecule has 0 aliphatic rings. The number of aryl methyl sites for hydroxylation is 1. The maximum absolute atomic E-state index is 5.62. The van der Waals surface area contributed by atoms with Gasteiger partial charge in [0.1, 0.15) is 0 Å². The van der Waals surface area contributed by atoms with Crippen LogP contribution in [0.5, 0.6) is 0 Å². The molecule has 0 aliphatic heterocycles. The molecule has 4 aromatic carbocycles. The van der Waals surface area contributed by atoms with Crippen molar-refractivity contribution in [2.75, 3.05) is 13.1 Å². The molecule has 2 nitrogen and oxygen atoms in total. The molecule has 0 radical (unpaired) electrons. The molecule has 0 fully saturated rings. The summed E-state index contributed by atoms with van der Waals surface area (Å²) in [7, 11) is 0. The van der Waals surface area contributed by atoms with Gasteiger partial charge in [0.25, 0.3) is 0 Å². The van der Waals surface area contributed by atoms with E-state index < -0.39 is 0 Å². The van der Waals surface area contributed by atoms with Crippen molar-refractivity contribution in [2.45, 2.75) is 39.0 Å². The molecule has 0 aliphatic carbocycles. The van der Waals surface area contributed by atoms with Crippen molar-refractivity contribution < 1.29 is 0 Å². The number of nitrogens with two attached hydrogens (primary N) is 2. The molecule has 4 aromatic rings. The Labute approximate surface area is 156 Å². The van der Waals surface area contributed by atoms with E-state index in [0.29, 0.717) is 0 Å². The van der Waals surface area contributed by atoms with Crippen molar-refractivity contribution in [3.05, 3.63) is 60.2 Å². The summed E-state index contributed by atoms with van der Waals surface area (Å²) in [6.07, 6.45) is 5.77. The van der Waals surface area contributed by atoms with Gasteiger partial charge in [0.2, 0.25) is 0 Å². The zero-order valence-electron chi connectivity index (χ0n) is 15.8. The van der Waals surface area contributed by atoms with Gasteiger partial charge in [-0.3, -0.25) is 0 Å². The SMILES string of the molecule is CCCCN.NCCCCc1ccc2ccc3cccc4ccc1c2c34. The average Bonchev–Trinajstić information content (AvgIpc) is 2.68. The molecule has 0 saturated heterocycles. The van der Waals surface area contributed by atoms with Crippen LogP contribution in [-0.2, 0) is 6.42 Å². The lowest BCUT2D eigenvalue weighted by molar-refractivity contribution is 0.747. The number of benzene rings is 4. The summed E-state index contributed by atoms with van der Waals surface area (Å²) < 4.78 is 0. The second-order valence-electron chi connectivity index (χ2n) is 6.97. The van der Waals surface area contributed by atoms with Gasteiger partial charge >= 0.3 is 0 Å². The first-order valence-electron chi connectivity index (χ1n) is 9.85. The molecule has 0 atom stereocenters. The van der Waals surface area contributed by atoms with Crippen LogP contribution in [0.25, 0.3) is 32.3 Å². The predicted molar refractivity (Wildman–Crippen MR) is 116 cm³/mol. The molecule has 2 heteroatoms. The Morgan fingerprint density at radius 2 is 1.27 bits per heavy atom. The molecule has 0 aromatic heterocycles. The van der Waals surface area contributed by atoms with Gasteiger partial charge < -0.3 is 11.5 Å². The largest absolute Gasteiger partial charge is 0.330 e. The number of hydrogen-bond donors (Lipinski definition) is 2. The quantitative estimate of drug-likeness (QED) is 0.352. The van der Waals surface area contributed by atoms with Crippen LogP contribution < -0.4 is 11.5 Å². The summed E-state index contributed by atoms with van der Waals surface area (Å²) in [6.45, 7) is 3.76.